The molecule has 0 aromatic carbocycles. The van der Waals surface area contributed by atoms with Crippen LogP contribution in [0.4, 0.5) is 8.78 Å². The lowest BCUT2D eigenvalue weighted by atomic mass is 10.2. The van der Waals surface area contributed by atoms with Gasteiger partial charge >= 0.3 is 5.97 Å². The van der Waals surface area contributed by atoms with E-state index < -0.39 is 23.8 Å². The van der Waals surface area contributed by atoms with E-state index in [1.807, 2.05) is 13.8 Å². The van der Waals surface area contributed by atoms with Gasteiger partial charge in [-0.1, -0.05) is 5.21 Å². The smallest absolute Gasteiger partial charge is 0.358 e. The van der Waals surface area contributed by atoms with Gasteiger partial charge in [0.15, 0.2) is 5.69 Å². The van der Waals surface area contributed by atoms with Gasteiger partial charge in [-0.05, 0) is 13.8 Å². The van der Waals surface area contributed by atoms with Crippen LogP contribution in [0.1, 0.15) is 36.5 Å². The molecule has 2 rings (SSSR count). The molecule has 118 valence electrons. The third kappa shape index (κ3) is 3.53. The summed E-state index contributed by atoms with van der Waals surface area (Å²) in [5.74, 6) is -1.51. The molecule has 9 heteroatoms. The van der Waals surface area contributed by atoms with Gasteiger partial charge < -0.3 is 9.84 Å². The van der Waals surface area contributed by atoms with E-state index in [0.29, 0.717) is 19.2 Å². The lowest BCUT2D eigenvalue weighted by Crippen LogP contribution is -2.47. The molecule has 0 aliphatic carbocycles. The van der Waals surface area contributed by atoms with Crippen molar-refractivity contribution in [3.63, 3.8) is 0 Å². The highest BCUT2D eigenvalue weighted by atomic mass is 19.3. The average molecular weight is 304 g/mol. The summed E-state index contributed by atoms with van der Waals surface area (Å²) < 4.78 is 32.5. The number of aromatic nitrogens is 3. The molecule has 1 aliphatic heterocycles. The molecular weight excluding hydrogens is 286 g/mol. The van der Waals surface area contributed by atoms with Gasteiger partial charge in [-0.15, -0.1) is 5.10 Å². The highest BCUT2D eigenvalue weighted by Gasteiger charge is 2.29. The SMILES string of the molecule is CC(C)N1CCOC(Cn2nnc(C(=O)O)c2C(F)F)C1. The number of carbonyl (C=O) groups is 1. The monoisotopic (exact) mass is 304 g/mol. The van der Waals surface area contributed by atoms with Crippen molar-refractivity contribution in [3.05, 3.63) is 11.4 Å². The summed E-state index contributed by atoms with van der Waals surface area (Å²) in [6, 6.07) is 0.330. The summed E-state index contributed by atoms with van der Waals surface area (Å²) in [6.45, 7) is 6.03. The fourth-order valence-electron chi connectivity index (χ4n) is 2.34. The van der Waals surface area contributed by atoms with Gasteiger partial charge in [-0.25, -0.2) is 18.3 Å². The summed E-state index contributed by atoms with van der Waals surface area (Å²) in [4.78, 5) is 13.1. The fourth-order valence-corrected chi connectivity index (χ4v) is 2.34. The number of hydrogen-bond donors (Lipinski definition) is 1. The number of morpholine rings is 1. The molecule has 1 aromatic heterocycles. The third-order valence-corrected chi connectivity index (χ3v) is 3.46. The van der Waals surface area contributed by atoms with E-state index in [1.165, 1.54) is 0 Å². The molecular formula is C12H18F2N4O3. The van der Waals surface area contributed by atoms with Gasteiger partial charge in [0.05, 0.1) is 19.3 Å². The van der Waals surface area contributed by atoms with Gasteiger partial charge in [0.1, 0.15) is 5.69 Å². The topological polar surface area (TPSA) is 80.5 Å². The minimum absolute atomic E-state index is 0.0587. The van der Waals surface area contributed by atoms with E-state index in [4.69, 9.17) is 9.84 Å². The largest absolute Gasteiger partial charge is 0.476 e. The van der Waals surface area contributed by atoms with Crippen molar-refractivity contribution in [3.8, 4) is 0 Å². The van der Waals surface area contributed by atoms with Crippen LogP contribution < -0.4 is 0 Å². The Bertz CT molecular complexity index is 507. The third-order valence-electron chi connectivity index (χ3n) is 3.46. The number of halogens is 2. The van der Waals surface area contributed by atoms with Crippen LogP contribution in [0, 0.1) is 0 Å². The van der Waals surface area contributed by atoms with Gasteiger partial charge in [-0.2, -0.15) is 0 Å². The Kier molecular flexibility index (Phi) is 4.84. The minimum atomic E-state index is -2.95. The molecule has 21 heavy (non-hydrogen) atoms. The first-order valence-electron chi connectivity index (χ1n) is 6.70. The Morgan fingerprint density at radius 2 is 2.24 bits per heavy atom. The van der Waals surface area contributed by atoms with Crippen LogP contribution in [0.5, 0.6) is 0 Å². The van der Waals surface area contributed by atoms with Crippen molar-refractivity contribution in [2.24, 2.45) is 0 Å². The predicted molar refractivity (Wildman–Crippen MR) is 68.4 cm³/mol. The van der Waals surface area contributed by atoms with E-state index in [1.54, 1.807) is 0 Å². The van der Waals surface area contributed by atoms with E-state index in [-0.39, 0.29) is 12.6 Å². The Morgan fingerprint density at radius 3 is 2.81 bits per heavy atom. The van der Waals surface area contributed by atoms with Crippen molar-refractivity contribution < 1.29 is 23.4 Å². The maximum Gasteiger partial charge on any atom is 0.358 e. The number of carboxylic acids is 1. The second kappa shape index (κ2) is 6.44. The molecule has 0 radical (unpaired) electrons. The Hall–Kier alpha value is -1.61. The Labute approximate surface area is 120 Å². The molecule has 1 fully saturated rings. The molecule has 2 heterocycles. The average Bonchev–Trinajstić information content (AvgIpc) is 2.83. The molecule has 1 atom stereocenters. The summed E-state index contributed by atoms with van der Waals surface area (Å²) in [6.07, 6.45) is -3.27. The molecule has 1 N–H and O–H groups in total. The van der Waals surface area contributed by atoms with Crippen LogP contribution in [-0.2, 0) is 11.3 Å². The lowest BCUT2D eigenvalue weighted by Gasteiger charge is -2.35. The van der Waals surface area contributed by atoms with Gasteiger partial charge in [-0.3, -0.25) is 4.90 Å². The second-order valence-electron chi connectivity index (χ2n) is 5.19. The molecule has 1 aromatic rings. The molecule has 7 nitrogen and oxygen atoms in total. The highest BCUT2D eigenvalue weighted by Crippen LogP contribution is 2.22. The van der Waals surface area contributed by atoms with Crippen LogP contribution in [-0.4, -0.2) is 62.8 Å². The van der Waals surface area contributed by atoms with E-state index in [2.05, 4.69) is 15.2 Å². The summed E-state index contributed by atoms with van der Waals surface area (Å²) >= 11 is 0. The maximum absolute atomic E-state index is 13.0. The number of hydrogen-bond acceptors (Lipinski definition) is 5. The molecule has 1 aliphatic rings. The number of ether oxygens (including phenoxy) is 1. The zero-order valence-electron chi connectivity index (χ0n) is 11.9. The first kappa shape index (κ1) is 15.8. The van der Waals surface area contributed by atoms with Crippen molar-refractivity contribution in [2.75, 3.05) is 19.7 Å². The maximum atomic E-state index is 13.0. The molecule has 1 saturated heterocycles. The summed E-state index contributed by atoms with van der Waals surface area (Å²) in [5.41, 5.74) is -1.38. The van der Waals surface area contributed by atoms with Crippen molar-refractivity contribution in [2.45, 2.75) is 39.0 Å². The minimum Gasteiger partial charge on any atom is -0.476 e. The fraction of sp³-hybridized carbons (Fsp3) is 0.750. The van der Waals surface area contributed by atoms with Crippen LogP contribution in [0.3, 0.4) is 0 Å². The first-order chi connectivity index (χ1) is 9.90. The standard InChI is InChI=1S/C12H18F2N4O3/c1-7(2)17-3-4-21-8(5-17)6-18-10(11(13)14)9(12(19)20)15-16-18/h7-8,11H,3-6H2,1-2H3,(H,19,20). The quantitative estimate of drug-likeness (QED) is 0.875. The van der Waals surface area contributed by atoms with Gasteiger partial charge in [0.2, 0.25) is 0 Å². The zero-order valence-corrected chi connectivity index (χ0v) is 11.9. The van der Waals surface area contributed by atoms with Gasteiger partial charge in [0, 0.05) is 19.1 Å². The molecule has 1 unspecified atom stereocenters. The normalized spacial score (nSPS) is 20.4. The molecule has 0 bridgehead atoms. The Balaban J connectivity index is 2.14. The lowest BCUT2D eigenvalue weighted by molar-refractivity contribution is -0.0483. The van der Waals surface area contributed by atoms with Crippen LogP contribution in [0.2, 0.25) is 0 Å². The van der Waals surface area contributed by atoms with Crippen LogP contribution >= 0.6 is 0 Å². The van der Waals surface area contributed by atoms with E-state index in [0.717, 1.165) is 11.2 Å². The number of carboxylic acid groups (broad SMARTS) is 1. The molecule has 0 saturated carbocycles. The van der Waals surface area contributed by atoms with E-state index >= 15 is 0 Å². The van der Waals surface area contributed by atoms with Crippen LogP contribution in [0.25, 0.3) is 0 Å². The first-order valence-corrected chi connectivity index (χ1v) is 6.70. The van der Waals surface area contributed by atoms with Crippen LogP contribution in [0.15, 0.2) is 0 Å². The number of nitrogens with zero attached hydrogens (tertiary/aromatic N) is 4. The molecule has 0 amide bonds. The molecule has 0 spiro atoms. The number of alkyl halides is 2. The second-order valence-corrected chi connectivity index (χ2v) is 5.19. The van der Waals surface area contributed by atoms with Crippen molar-refractivity contribution in [1.82, 2.24) is 19.9 Å². The predicted octanol–water partition coefficient (Wildman–Crippen LogP) is 1.02. The summed E-state index contributed by atoms with van der Waals surface area (Å²) in [5, 5.41) is 15.7. The van der Waals surface area contributed by atoms with E-state index in [9.17, 15) is 13.6 Å². The zero-order chi connectivity index (χ0) is 15.6. The van der Waals surface area contributed by atoms with Crippen molar-refractivity contribution >= 4 is 5.97 Å². The highest BCUT2D eigenvalue weighted by molar-refractivity contribution is 5.86. The number of rotatable bonds is 5. The van der Waals surface area contributed by atoms with Crippen molar-refractivity contribution in [1.29, 1.82) is 0 Å². The number of aromatic carboxylic acids is 1. The van der Waals surface area contributed by atoms with Gasteiger partial charge in [0.25, 0.3) is 6.43 Å². The Morgan fingerprint density at radius 1 is 1.52 bits per heavy atom. The summed E-state index contributed by atoms with van der Waals surface area (Å²) in [7, 11) is 0.